The van der Waals surface area contributed by atoms with E-state index in [2.05, 4.69) is 32.9 Å². The highest BCUT2D eigenvalue weighted by atomic mass is 16.6. The summed E-state index contributed by atoms with van der Waals surface area (Å²) in [4.78, 5) is 59.5. The van der Waals surface area contributed by atoms with Gasteiger partial charge >= 0.3 is 29.8 Å². The number of aliphatic hydroxyl groups excluding tert-OH is 5. The maximum Gasteiger partial charge on any atom is 0.333 e. The molecule has 0 aromatic heterocycles. The standard InChI is InChI=1S/C40H62O20/c1-23(2)36(46)56-16-28(41)11-51-21-33(53-13-30(43)18-58-38(48)25(5)6)35(55-15-32(45)20-60-40(50)27(9)10)34(54-14-31(44)19-59-39(49)26(7)8)22-52-12-29(42)17-57-37(47)24(3)4/h28-35,41-45H,1,3,5,7,9,11-22H2,2,4,6,8,10H3/t28?,29?,30?,31?,32?,33-,34-,35?/m1/s1. The molecule has 0 aliphatic rings. The number of rotatable bonds is 34. The minimum Gasteiger partial charge on any atom is -0.460 e. The summed E-state index contributed by atoms with van der Waals surface area (Å²) in [6.45, 7) is 18.3. The van der Waals surface area contributed by atoms with Crippen LogP contribution in [0.25, 0.3) is 0 Å². The van der Waals surface area contributed by atoms with Crippen molar-refractivity contribution < 1.29 is 96.9 Å². The molecular weight excluding hydrogens is 800 g/mol. The summed E-state index contributed by atoms with van der Waals surface area (Å²) in [6, 6.07) is 0. The monoisotopic (exact) mass is 862 g/mol. The van der Waals surface area contributed by atoms with Gasteiger partial charge in [-0.2, -0.15) is 0 Å². The Hall–Kier alpha value is -4.35. The van der Waals surface area contributed by atoms with Crippen LogP contribution in [-0.4, -0.2) is 183 Å². The number of aliphatic hydroxyl groups is 5. The Morgan fingerprint density at radius 3 is 0.800 bits per heavy atom. The van der Waals surface area contributed by atoms with E-state index < -0.39 is 158 Å². The lowest BCUT2D eigenvalue weighted by molar-refractivity contribution is -0.196. The van der Waals surface area contributed by atoms with Crippen molar-refractivity contribution in [3.8, 4) is 0 Å². The third kappa shape index (κ3) is 26.0. The van der Waals surface area contributed by atoms with Gasteiger partial charge in [-0.1, -0.05) is 32.9 Å². The molecule has 0 heterocycles. The third-order valence-electron chi connectivity index (χ3n) is 7.18. The first kappa shape index (κ1) is 55.7. The van der Waals surface area contributed by atoms with E-state index in [9.17, 15) is 49.5 Å². The summed E-state index contributed by atoms with van der Waals surface area (Å²) in [5, 5.41) is 52.9. The molecule has 0 spiro atoms. The molecule has 60 heavy (non-hydrogen) atoms. The van der Waals surface area contributed by atoms with Gasteiger partial charge in [0.2, 0.25) is 0 Å². The molecule has 0 aromatic rings. The van der Waals surface area contributed by atoms with Crippen LogP contribution in [0.5, 0.6) is 0 Å². The van der Waals surface area contributed by atoms with Gasteiger partial charge in [0.05, 0.1) is 46.2 Å². The topological polar surface area (TPSA) is 279 Å². The van der Waals surface area contributed by atoms with E-state index >= 15 is 0 Å². The van der Waals surface area contributed by atoms with E-state index in [4.69, 9.17) is 47.4 Å². The first-order chi connectivity index (χ1) is 28.0. The largest absolute Gasteiger partial charge is 0.460 e. The van der Waals surface area contributed by atoms with Crippen LogP contribution in [0.2, 0.25) is 0 Å². The smallest absolute Gasteiger partial charge is 0.333 e. The van der Waals surface area contributed by atoms with Crippen molar-refractivity contribution in [3.63, 3.8) is 0 Å². The highest BCUT2D eigenvalue weighted by Gasteiger charge is 2.35. The van der Waals surface area contributed by atoms with Crippen LogP contribution in [0.1, 0.15) is 34.6 Å². The van der Waals surface area contributed by atoms with Gasteiger partial charge in [0, 0.05) is 27.9 Å². The van der Waals surface area contributed by atoms with Crippen LogP contribution >= 0.6 is 0 Å². The molecule has 5 unspecified atom stereocenters. The fourth-order valence-corrected chi connectivity index (χ4v) is 3.98. The van der Waals surface area contributed by atoms with Gasteiger partial charge in [-0.25, -0.2) is 24.0 Å². The molecule has 7 atom stereocenters. The van der Waals surface area contributed by atoms with Gasteiger partial charge in [0.25, 0.3) is 0 Å². The molecule has 0 bridgehead atoms. The Balaban J connectivity index is 6.68. The average Bonchev–Trinajstić information content (AvgIpc) is 3.18. The minimum atomic E-state index is -1.46. The number of hydrogen-bond donors (Lipinski definition) is 5. The van der Waals surface area contributed by atoms with Crippen LogP contribution in [0.4, 0.5) is 0 Å². The van der Waals surface area contributed by atoms with Gasteiger partial charge in [-0.3, -0.25) is 0 Å². The Morgan fingerprint density at radius 2 is 0.567 bits per heavy atom. The van der Waals surface area contributed by atoms with Gasteiger partial charge in [-0.15, -0.1) is 0 Å². The lowest BCUT2D eigenvalue weighted by Crippen LogP contribution is -2.50. The van der Waals surface area contributed by atoms with Crippen molar-refractivity contribution in [3.05, 3.63) is 60.8 Å². The predicted octanol–water partition coefficient (Wildman–Crippen LogP) is -0.424. The molecule has 5 N–H and O–H groups in total. The van der Waals surface area contributed by atoms with Crippen LogP contribution in [0, 0.1) is 0 Å². The molecule has 0 amide bonds. The Labute approximate surface area is 349 Å². The van der Waals surface area contributed by atoms with Crippen molar-refractivity contribution >= 4 is 29.8 Å². The first-order valence-electron chi connectivity index (χ1n) is 18.6. The predicted molar refractivity (Wildman–Crippen MR) is 210 cm³/mol. The second-order valence-corrected chi connectivity index (χ2v) is 13.8. The summed E-state index contributed by atoms with van der Waals surface area (Å²) in [5.74, 6) is -3.88. The molecule has 342 valence electrons. The van der Waals surface area contributed by atoms with E-state index in [0.717, 1.165) is 0 Å². The molecule has 0 saturated carbocycles. The first-order valence-corrected chi connectivity index (χ1v) is 18.6. The fraction of sp³-hybridized carbons (Fsp3) is 0.625. The molecular formula is C40H62O20. The average molecular weight is 863 g/mol. The summed E-state index contributed by atoms with van der Waals surface area (Å²) >= 11 is 0. The molecule has 0 aliphatic heterocycles. The highest BCUT2D eigenvalue weighted by Crippen LogP contribution is 2.17. The quantitative estimate of drug-likeness (QED) is 0.0312. The maximum absolute atomic E-state index is 12.0. The van der Waals surface area contributed by atoms with E-state index in [0.29, 0.717) is 0 Å². The van der Waals surface area contributed by atoms with Crippen LogP contribution in [0.15, 0.2) is 60.8 Å². The lowest BCUT2D eigenvalue weighted by Gasteiger charge is -2.35. The zero-order valence-electron chi connectivity index (χ0n) is 35.0. The van der Waals surface area contributed by atoms with Crippen molar-refractivity contribution in [2.24, 2.45) is 0 Å². The maximum atomic E-state index is 12.0. The van der Waals surface area contributed by atoms with Crippen molar-refractivity contribution in [1.82, 2.24) is 0 Å². The summed E-state index contributed by atoms with van der Waals surface area (Å²) in [6.07, 6.45) is -11.2. The lowest BCUT2D eigenvalue weighted by atomic mass is 10.1. The van der Waals surface area contributed by atoms with Crippen LogP contribution in [-0.2, 0) is 71.3 Å². The van der Waals surface area contributed by atoms with Crippen LogP contribution < -0.4 is 0 Å². The molecule has 0 aromatic carbocycles. The number of carbonyl (C=O) groups excluding carboxylic acids is 5. The molecule has 20 heteroatoms. The van der Waals surface area contributed by atoms with Gasteiger partial charge in [0.1, 0.15) is 81.9 Å². The fourth-order valence-electron chi connectivity index (χ4n) is 3.98. The van der Waals surface area contributed by atoms with E-state index in [1.54, 1.807) is 0 Å². The Kier molecular flexibility index (Phi) is 28.4. The molecule has 0 fully saturated rings. The third-order valence-corrected chi connectivity index (χ3v) is 7.18. The van der Waals surface area contributed by atoms with Gasteiger partial charge in [-0.05, 0) is 34.6 Å². The van der Waals surface area contributed by atoms with E-state index in [1.165, 1.54) is 34.6 Å². The molecule has 0 rings (SSSR count). The Morgan fingerprint density at radius 1 is 0.350 bits per heavy atom. The van der Waals surface area contributed by atoms with Crippen LogP contribution in [0.3, 0.4) is 0 Å². The second kappa shape index (κ2) is 30.6. The van der Waals surface area contributed by atoms with Crippen molar-refractivity contribution in [2.75, 3.05) is 79.3 Å². The summed E-state index contributed by atoms with van der Waals surface area (Å²) < 4.78 is 54.3. The number of hydrogen-bond acceptors (Lipinski definition) is 20. The van der Waals surface area contributed by atoms with E-state index in [-0.39, 0.29) is 27.9 Å². The van der Waals surface area contributed by atoms with Gasteiger partial charge in [0.15, 0.2) is 0 Å². The summed E-state index contributed by atoms with van der Waals surface area (Å²) in [7, 11) is 0. The second-order valence-electron chi connectivity index (χ2n) is 13.8. The highest BCUT2D eigenvalue weighted by molar-refractivity contribution is 5.88. The minimum absolute atomic E-state index is 0.0605. The number of ether oxygens (including phenoxy) is 10. The number of esters is 5. The normalized spacial score (nSPS) is 15.1. The Bertz CT molecular complexity index is 1360. The molecule has 20 nitrogen and oxygen atoms in total. The molecule has 0 aliphatic carbocycles. The SMILES string of the molecule is C=C(C)C(=O)OCC(O)COC[C@@H](OCC(O)COC(=O)C(=C)C)C(OCC(O)COC(=O)C(=C)C)[C@@H](COCC(O)COC(=O)C(=C)C)OCC(O)COC(=O)C(=C)C. The zero-order valence-corrected chi connectivity index (χ0v) is 35.0. The van der Waals surface area contributed by atoms with Gasteiger partial charge < -0.3 is 72.9 Å². The molecule has 0 saturated heterocycles. The van der Waals surface area contributed by atoms with E-state index in [1.807, 2.05) is 0 Å². The number of carbonyl (C=O) groups is 5. The zero-order chi connectivity index (χ0) is 45.9. The summed E-state index contributed by atoms with van der Waals surface area (Å²) in [5.41, 5.74) is 0.379. The molecule has 0 radical (unpaired) electrons. The van der Waals surface area contributed by atoms with Crippen molar-refractivity contribution in [1.29, 1.82) is 0 Å². The van der Waals surface area contributed by atoms with Crippen molar-refractivity contribution in [2.45, 2.75) is 83.5 Å².